The molecule has 0 atom stereocenters. The first-order valence-corrected chi connectivity index (χ1v) is 4.24. The van der Waals surface area contributed by atoms with Crippen LogP contribution in [0.4, 0.5) is 0 Å². The number of aromatic nitrogens is 2. The minimum Gasteiger partial charge on any atom is -0.506 e. The van der Waals surface area contributed by atoms with Crippen molar-refractivity contribution in [2.75, 3.05) is 0 Å². The second-order valence-corrected chi connectivity index (χ2v) is 2.97. The van der Waals surface area contributed by atoms with Crippen LogP contribution in [0.1, 0.15) is 10.4 Å². The van der Waals surface area contributed by atoms with Crippen LogP contribution < -0.4 is 0 Å². The Morgan fingerprint density at radius 2 is 2.20 bits per heavy atom. The van der Waals surface area contributed by atoms with Gasteiger partial charge in [-0.15, -0.1) is 0 Å². The molecule has 0 fully saturated rings. The summed E-state index contributed by atoms with van der Waals surface area (Å²) in [4.78, 5) is 17.4. The normalized spacial score (nSPS) is 10.1. The number of hydrogen-bond acceptors (Lipinski definition) is 3. The molecule has 0 bridgehead atoms. The summed E-state index contributed by atoms with van der Waals surface area (Å²) in [6, 6.07) is 4.53. The van der Waals surface area contributed by atoms with E-state index >= 15 is 0 Å². The maximum absolute atomic E-state index is 10.8. The number of imidazole rings is 1. The monoisotopic (exact) mass is 204 g/mol. The molecule has 3 N–H and O–H groups in total. The van der Waals surface area contributed by atoms with Crippen LogP contribution in [0.15, 0.2) is 30.7 Å². The number of aromatic carboxylic acids is 1. The third-order valence-electron chi connectivity index (χ3n) is 2.05. The van der Waals surface area contributed by atoms with Crippen LogP contribution in [0.3, 0.4) is 0 Å². The first-order valence-electron chi connectivity index (χ1n) is 4.24. The molecule has 0 spiro atoms. The molecule has 0 aliphatic carbocycles. The lowest BCUT2D eigenvalue weighted by atomic mass is 10.1. The van der Waals surface area contributed by atoms with Crippen LogP contribution in [0, 0.1) is 0 Å². The third-order valence-corrected chi connectivity index (χ3v) is 2.05. The van der Waals surface area contributed by atoms with Crippen molar-refractivity contribution in [2.45, 2.75) is 0 Å². The maximum Gasteiger partial charge on any atom is 0.339 e. The number of para-hydroxylation sites is 1. The summed E-state index contributed by atoms with van der Waals surface area (Å²) in [5.41, 5.74) is 0.880. The lowest BCUT2D eigenvalue weighted by Crippen LogP contribution is -1.97. The first kappa shape index (κ1) is 9.26. The SMILES string of the molecule is O=C(O)c1cccc(-c2cnc[nH]2)c1O. The van der Waals surface area contributed by atoms with Crippen molar-refractivity contribution in [1.29, 1.82) is 0 Å². The van der Waals surface area contributed by atoms with E-state index in [4.69, 9.17) is 5.11 Å². The molecule has 0 unspecified atom stereocenters. The zero-order valence-corrected chi connectivity index (χ0v) is 7.64. The fourth-order valence-corrected chi connectivity index (χ4v) is 1.34. The number of nitrogens with one attached hydrogen (secondary N) is 1. The number of carboxylic acid groups (broad SMARTS) is 1. The Balaban J connectivity index is 2.59. The van der Waals surface area contributed by atoms with Gasteiger partial charge in [-0.25, -0.2) is 9.78 Å². The number of benzene rings is 1. The second kappa shape index (κ2) is 3.45. The van der Waals surface area contributed by atoms with E-state index in [9.17, 15) is 9.90 Å². The minimum atomic E-state index is -1.16. The van der Waals surface area contributed by atoms with Crippen LogP contribution in [0.25, 0.3) is 11.3 Å². The van der Waals surface area contributed by atoms with E-state index in [0.29, 0.717) is 11.3 Å². The van der Waals surface area contributed by atoms with Crippen molar-refractivity contribution >= 4 is 5.97 Å². The largest absolute Gasteiger partial charge is 0.506 e. The second-order valence-electron chi connectivity index (χ2n) is 2.97. The number of carbonyl (C=O) groups is 1. The highest BCUT2D eigenvalue weighted by atomic mass is 16.4. The van der Waals surface area contributed by atoms with Crippen molar-refractivity contribution in [2.24, 2.45) is 0 Å². The molecule has 1 aromatic heterocycles. The number of phenols is 1. The molecule has 76 valence electrons. The van der Waals surface area contributed by atoms with Crippen LogP contribution in [0.2, 0.25) is 0 Å². The third kappa shape index (κ3) is 1.54. The van der Waals surface area contributed by atoms with Gasteiger partial charge in [-0.3, -0.25) is 0 Å². The summed E-state index contributed by atoms with van der Waals surface area (Å²) < 4.78 is 0. The van der Waals surface area contributed by atoms with Crippen molar-refractivity contribution in [3.63, 3.8) is 0 Å². The molecule has 5 heteroatoms. The molecule has 0 aliphatic heterocycles. The predicted molar refractivity (Wildman–Crippen MR) is 52.6 cm³/mol. The standard InChI is InChI=1S/C10H8N2O3/c13-9-6(8-4-11-5-12-8)2-1-3-7(9)10(14)15/h1-5,13H,(H,11,12)(H,14,15). The van der Waals surface area contributed by atoms with Gasteiger partial charge in [-0.2, -0.15) is 0 Å². The van der Waals surface area contributed by atoms with E-state index in [1.165, 1.54) is 18.6 Å². The van der Waals surface area contributed by atoms with E-state index in [1.54, 1.807) is 12.1 Å². The molecule has 5 nitrogen and oxygen atoms in total. The molecule has 0 saturated carbocycles. The summed E-state index contributed by atoms with van der Waals surface area (Å²) in [5.74, 6) is -1.41. The molecule has 1 heterocycles. The lowest BCUT2D eigenvalue weighted by molar-refractivity contribution is 0.0694. The van der Waals surface area contributed by atoms with Gasteiger partial charge in [0.15, 0.2) is 0 Å². The van der Waals surface area contributed by atoms with Crippen molar-refractivity contribution in [3.8, 4) is 17.0 Å². The highest BCUT2D eigenvalue weighted by Gasteiger charge is 2.14. The summed E-state index contributed by atoms with van der Waals surface area (Å²) in [7, 11) is 0. The number of nitrogens with zero attached hydrogens (tertiary/aromatic N) is 1. The van der Waals surface area contributed by atoms with Crippen LogP contribution in [-0.2, 0) is 0 Å². The number of H-pyrrole nitrogens is 1. The Morgan fingerprint density at radius 1 is 1.40 bits per heavy atom. The van der Waals surface area contributed by atoms with E-state index < -0.39 is 5.97 Å². The Hall–Kier alpha value is -2.30. The fraction of sp³-hybridized carbons (Fsp3) is 0. The molecular weight excluding hydrogens is 196 g/mol. The smallest absolute Gasteiger partial charge is 0.339 e. The summed E-state index contributed by atoms with van der Waals surface area (Å²) in [6.07, 6.45) is 2.98. The van der Waals surface area contributed by atoms with Gasteiger partial charge in [-0.1, -0.05) is 6.07 Å². The summed E-state index contributed by atoms with van der Waals surface area (Å²) >= 11 is 0. The van der Waals surface area contributed by atoms with Gasteiger partial charge in [0.2, 0.25) is 0 Å². The zero-order chi connectivity index (χ0) is 10.8. The van der Waals surface area contributed by atoms with Crippen molar-refractivity contribution in [1.82, 2.24) is 9.97 Å². The number of aromatic amines is 1. The van der Waals surface area contributed by atoms with Gasteiger partial charge >= 0.3 is 5.97 Å². The molecule has 0 amide bonds. The average Bonchev–Trinajstić information content (AvgIpc) is 2.70. The topological polar surface area (TPSA) is 86.2 Å². The van der Waals surface area contributed by atoms with E-state index in [1.807, 2.05) is 0 Å². The molecule has 2 aromatic rings. The van der Waals surface area contributed by atoms with E-state index in [2.05, 4.69) is 9.97 Å². The Kier molecular flexibility index (Phi) is 2.13. The first-order chi connectivity index (χ1) is 7.20. The highest BCUT2D eigenvalue weighted by molar-refractivity contribution is 5.93. The van der Waals surface area contributed by atoms with Gasteiger partial charge in [0.1, 0.15) is 11.3 Å². The van der Waals surface area contributed by atoms with E-state index in [0.717, 1.165) is 0 Å². The molecule has 0 aliphatic rings. The fourth-order valence-electron chi connectivity index (χ4n) is 1.34. The molecular formula is C10H8N2O3. The van der Waals surface area contributed by atoms with Crippen molar-refractivity contribution < 1.29 is 15.0 Å². The van der Waals surface area contributed by atoms with Crippen LogP contribution in [-0.4, -0.2) is 26.2 Å². The molecule has 15 heavy (non-hydrogen) atoms. The molecule has 0 saturated heterocycles. The highest BCUT2D eigenvalue weighted by Crippen LogP contribution is 2.30. The number of carboxylic acids is 1. The predicted octanol–water partition coefficient (Wildman–Crippen LogP) is 1.48. The van der Waals surface area contributed by atoms with Gasteiger partial charge in [0, 0.05) is 5.56 Å². The van der Waals surface area contributed by atoms with Gasteiger partial charge < -0.3 is 15.2 Å². The molecule has 0 radical (unpaired) electrons. The zero-order valence-electron chi connectivity index (χ0n) is 7.64. The molecule has 1 aromatic carbocycles. The quantitative estimate of drug-likeness (QED) is 0.691. The van der Waals surface area contributed by atoms with Crippen LogP contribution >= 0.6 is 0 Å². The van der Waals surface area contributed by atoms with Crippen LogP contribution in [0.5, 0.6) is 5.75 Å². The lowest BCUT2D eigenvalue weighted by Gasteiger charge is -2.04. The summed E-state index contributed by atoms with van der Waals surface area (Å²) in [6.45, 7) is 0. The number of rotatable bonds is 2. The Morgan fingerprint density at radius 3 is 2.80 bits per heavy atom. The van der Waals surface area contributed by atoms with Gasteiger partial charge in [0.25, 0.3) is 0 Å². The van der Waals surface area contributed by atoms with E-state index in [-0.39, 0.29) is 11.3 Å². The Labute approximate surface area is 85.0 Å². The van der Waals surface area contributed by atoms with Crippen molar-refractivity contribution in [3.05, 3.63) is 36.3 Å². The number of aromatic hydroxyl groups is 1. The van der Waals surface area contributed by atoms with Gasteiger partial charge in [-0.05, 0) is 12.1 Å². The number of hydrogen-bond donors (Lipinski definition) is 3. The molecule has 2 rings (SSSR count). The van der Waals surface area contributed by atoms with Gasteiger partial charge in [0.05, 0.1) is 18.2 Å². The maximum atomic E-state index is 10.8. The Bertz CT molecular complexity index is 491. The average molecular weight is 204 g/mol. The summed E-state index contributed by atoms with van der Waals surface area (Å²) in [5, 5.41) is 18.5. The minimum absolute atomic E-state index is 0.123.